The van der Waals surface area contributed by atoms with Gasteiger partial charge < -0.3 is 24.2 Å². The minimum Gasteiger partial charge on any atom is -0.504 e. The van der Waals surface area contributed by atoms with E-state index in [1.807, 2.05) is 4.90 Å². The quantitative estimate of drug-likeness (QED) is 0.870. The number of nitrogens with zero attached hydrogens (tertiary/aromatic N) is 1. The second kappa shape index (κ2) is 7.94. The minimum absolute atomic E-state index is 0.00315. The average molecular weight is 323 g/mol. The molecule has 0 saturated carbocycles. The number of amides is 1. The molecule has 6 nitrogen and oxygen atoms in total. The van der Waals surface area contributed by atoms with Crippen molar-refractivity contribution in [2.24, 2.45) is 0 Å². The number of carbonyl (C=O) groups is 1. The number of hydrogen-bond donors (Lipinski definition) is 1. The first kappa shape index (κ1) is 17.2. The number of carbonyl (C=O) groups excluding carboxylic acids is 1. The van der Waals surface area contributed by atoms with Crippen LogP contribution >= 0.6 is 0 Å². The molecule has 0 aliphatic carbocycles. The van der Waals surface area contributed by atoms with Crippen molar-refractivity contribution in [1.82, 2.24) is 4.90 Å². The molecule has 1 aromatic carbocycles. The fourth-order valence-electron chi connectivity index (χ4n) is 2.93. The Bertz CT molecular complexity index is 552. The van der Waals surface area contributed by atoms with Crippen molar-refractivity contribution in [2.45, 2.75) is 32.1 Å². The molecule has 1 amide bonds. The van der Waals surface area contributed by atoms with Crippen LogP contribution in [0.3, 0.4) is 0 Å². The van der Waals surface area contributed by atoms with E-state index in [-0.39, 0.29) is 17.4 Å². The molecule has 2 rings (SSSR count). The summed E-state index contributed by atoms with van der Waals surface area (Å²) >= 11 is 0. The number of methoxy groups -OCH3 is 3. The molecule has 0 spiro atoms. The lowest BCUT2D eigenvalue weighted by Crippen LogP contribution is -2.35. The number of aryl methyl sites for hydroxylation is 1. The number of phenols is 1. The van der Waals surface area contributed by atoms with Crippen LogP contribution < -0.4 is 14.2 Å². The SMILES string of the molecule is COc1cc(CCC(=O)N2CCCCC2)c(O)c(OC)c1OC. The van der Waals surface area contributed by atoms with Gasteiger partial charge in [-0.1, -0.05) is 0 Å². The smallest absolute Gasteiger partial charge is 0.222 e. The van der Waals surface area contributed by atoms with E-state index >= 15 is 0 Å². The molecule has 0 unspecified atom stereocenters. The van der Waals surface area contributed by atoms with Crippen molar-refractivity contribution in [3.05, 3.63) is 11.6 Å². The van der Waals surface area contributed by atoms with Crippen LogP contribution in [-0.4, -0.2) is 50.3 Å². The van der Waals surface area contributed by atoms with Gasteiger partial charge in [0.2, 0.25) is 17.4 Å². The Balaban J connectivity index is 2.14. The van der Waals surface area contributed by atoms with Gasteiger partial charge in [-0.2, -0.15) is 0 Å². The Morgan fingerprint density at radius 1 is 1.09 bits per heavy atom. The zero-order valence-corrected chi connectivity index (χ0v) is 14.1. The van der Waals surface area contributed by atoms with Gasteiger partial charge in [0.05, 0.1) is 21.3 Å². The van der Waals surface area contributed by atoms with Gasteiger partial charge in [0.15, 0.2) is 11.5 Å². The fraction of sp³-hybridized carbons (Fsp3) is 0.588. The van der Waals surface area contributed by atoms with Gasteiger partial charge in [-0.05, 0) is 31.7 Å². The minimum atomic E-state index is -0.00315. The lowest BCUT2D eigenvalue weighted by molar-refractivity contribution is -0.132. The molecule has 0 aromatic heterocycles. The maximum Gasteiger partial charge on any atom is 0.222 e. The molecule has 0 radical (unpaired) electrons. The highest BCUT2D eigenvalue weighted by Crippen LogP contribution is 2.46. The third-order valence-electron chi connectivity index (χ3n) is 4.20. The number of hydrogen-bond acceptors (Lipinski definition) is 5. The summed E-state index contributed by atoms with van der Waals surface area (Å²) in [7, 11) is 4.47. The summed E-state index contributed by atoms with van der Waals surface area (Å²) in [4.78, 5) is 14.2. The van der Waals surface area contributed by atoms with Crippen molar-refractivity contribution in [3.63, 3.8) is 0 Å². The van der Waals surface area contributed by atoms with E-state index in [1.54, 1.807) is 6.07 Å². The van der Waals surface area contributed by atoms with Crippen LogP contribution in [-0.2, 0) is 11.2 Å². The van der Waals surface area contributed by atoms with Crippen molar-refractivity contribution in [3.8, 4) is 23.0 Å². The number of likely N-dealkylation sites (tertiary alicyclic amines) is 1. The predicted octanol–water partition coefficient (Wildman–Crippen LogP) is 2.36. The number of piperidine rings is 1. The number of phenolic OH excluding ortho intramolecular Hbond substituents is 1. The summed E-state index contributed by atoms with van der Waals surface area (Å²) < 4.78 is 15.7. The van der Waals surface area contributed by atoms with Crippen molar-refractivity contribution >= 4 is 5.91 Å². The van der Waals surface area contributed by atoms with E-state index in [1.165, 1.54) is 27.8 Å². The Morgan fingerprint density at radius 2 is 1.74 bits per heavy atom. The first-order valence-electron chi connectivity index (χ1n) is 7.91. The lowest BCUT2D eigenvalue weighted by atomic mass is 10.0. The van der Waals surface area contributed by atoms with Crippen LogP contribution in [0, 0.1) is 0 Å². The molecule has 128 valence electrons. The summed E-state index contributed by atoms with van der Waals surface area (Å²) in [6.45, 7) is 1.67. The van der Waals surface area contributed by atoms with Gasteiger partial charge in [-0.25, -0.2) is 0 Å². The molecule has 6 heteroatoms. The summed E-state index contributed by atoms with van der Waals surface area (Å²) in [6, 6.07) is 1.69. The maximum atomic E-state index is 12.3. The Morgan fingerprint density at radius 3 is 2.30 bits per heavy atom. The van der Waals surface area contributed by atoms with Crippen molar-refractivity contribution in [2.75, 3.05) is 34.4 Å². The van der Waals surface area contributed by atoms with Crippen LogP contribution in [0.1, 0.15) is 31.2 Å². The van der Waals surface area contributed by atoms with Gasteiger partial charge in [-0.15, -0.1) is 0 Å². The van der Waals surface area contributed by atoms with E-state index in [2.05, 4.69) is 0 Å². The third-order valence-corrected chi connectivity index (χ3v) is 4.20. The van der Waals surface area contributed by atoms with Crippen LogP contribution in [0.2, 0.25) is 0 Å². The fourth-order valence-corrected chi connectivity index (χ4v) is 2.93. The van der Waals surface area contributed by atoms with Gasteiger partial charge in [0, 0.05) is 25.1 Å². The van der Waals surface area contributed by atoms with E-state index in [0.29, 0.717) is 29.9 Å². The van der Waals surface area contributed by atoms with E-state index in [4.69, 9.17) is 14.2 Å². The maximum absolute atomic E-state index is 12.3. The van der Waals surface area contributed by atoms with Gasteiger partial charge in [0.25, 0.3) is 0 Å². The van der Waals surface area contributed by atoms with Crippen molar-refractivity contribution < 1.29 is 24.1 Å². The molecule has 1 aliphatic heterocycles. The van der Waals surface area contributed by atoms with Crippen LogP contribution in [0.25, 0.3) is 0 Å². The molecule has 1 aliphatic rings. The third kappa shape index (κ3) is 3.81. The highest BCUT2D eigenvalue weighted by Gasteiger charge is 2.22. The van der Waals surface area contributed by atoms with Gasteiger partial charge in [0.1, 0.15) is 0 Å². The zero-order chi connectivity index (χ0) is 16.8. The molecule has 1 heterocycles. The monoisotopic (exact) mass is 323 g/mol. The molecule has 0 atom stereocenters. The zero-order valence-electron chi connectivity index (χ0n) is 14.1. The normalized spacial score (nSPS) is 14.5. The summed E-state index contributed by atoms with van der Waals surface area (Å²) in [5.74, 6) is 1.17. The molecule has 1 aromatic rings. The molecule has 1 saturated heterocycles. The van der Waals surface area contributed by atoms with Crippen LogP contribution in [0.15, 0.2) is 6.07 Å². The number of aromatic hydroxyl groups is 1. The molecular formula is C17H25NO5. The lowest BCUT2D eigenvalue weighted by Gasteiger charge is -2.26. The standard InChI is InChI=1S/C17H25NO5/c1-21-13-11-12(15(20)17(23-3)16(13)22-2)7-8-14(19)18-9-5-4-6-10-18/h11,20H,4-10H2,1-3H3. The molecule has 1 fully saturated rings. The molecule has 23 heavy (non-hydrogen) atoms. The first-order valence-corrected chi connectivity index (χ1v) is 7.91. The van der Waals surface area contributed by atoms with Crippen LogP contribution in [0.5, 0.6) is 23.0 Å². The number of rotatable bonds is 6. The Kier molecular flexibility index (Phi) is 5.96. The van der Waals surface area contributed by atoms with E-state index in [9.17, 15) is 9.90 Å². The van der Waals surface area contributed by atoms with E-state index in [0.717, 1.165) is 25.9 Å². The van der Waals surface area contributed by atoms with Gasteiger partial charge >= 0.3 is 0 Å². The summed E-state index contributed by atoms with van der Waals surface area (Å²) in [6.07, 6.45) is 4.11. The molecular weight excluding hydrogens is 298 g/mol. The summed E-state index contributed by atoms with van der Waals surface area (Å²) in [5.41, 5.74) is 0.616. The van der Waals surface area contributed by atoms with E-state index < -0.39 is 0 Å². The number of ether oxygens (including phenoxy) is 3. The highest BCUT2D eigenvalue weighted by molar-refractivity contribution is 5.77. The predicted molar refractivity (Wildman–Crippen MR) is 86.5 cm³/mol. The van der Waals surface area contributed by atoms with Gasteiger partial charge in [-0.3, -0.25) is 4.79 Å². The first-order chi connectivity index (χ1) is 11.1. The average Bonchev–Trinajstić information content (AvgIpc) is 2.60. The highest BCUT2D eigenvalue weighted by atomic mass is 16.5. The summed E-state index contributed by atoms with van der Waals surface area (Å²) in [5, 5.41) is 10.4. The molecule has 1 N–H and O–H groups in total. The Labute approximate surface area is 136 Å². The number of benzene rings is 1. The van der Waals surface area contributed by atoms with Crippen molar-refractivity contribution in [1.29, 1.82) is 0 Å². The van der Waals surface area contributed by atoms with Crippen LogP contribution in [0.4, 0.5) is 0 Å². The molecule has 0 bridgehead atoms. The Hall–Kier alpha value is -2.11. The second-order valence-corrected chi connectivity index (χ2v) is 5.59. The largest absolute Gasteiger partial charge is 0.504 e. The second-order valence-electron chi connectivity index (χ2n) is 5.59. The topological polar surface area (TPSA) is 68.2 Å².